The molecule has 10 heterocycles. The Morgan fingerprint density at radius 1 is 0.489 bits per heavy atom. The number of aliphatic hydroxyl groups is 1. The quantitative estimate of drug-likeness (QED) is 0.131. The fourth-order valence-electron chi connectivity index (χ4n) is 22.4. The van der Waals surface area contributed by atoms with E-state index in [9.17, 15) is 5.11 Å². The van der Waals surface area contributed by atoms with E-state index in [4.69, 9.17) is 0 Å². The van der Waals surface area contributed by atoms with Gasteiger partial charge < -0.3 is 0 Å². The molecule has 0 saturated carbocycles. The first-order valence-corrected chi connectivity index (χ1v) is 25.7. The van der Waals surface area contributed by atoms with Crippen molar-refractivity contribution >= 4 is 42.4 Å². The van der Waals surface area contributed by atoms with Crippen LogP contribution in [0.25, 0.3) is 0 Å². The van der Waals surface area contributed by atoms with E-state index in [2.05, 4.69) is 146 Å². The summed E-state index contributed by atoms with van der Waals surface area (Å²) in [5, 5.41) is 21.0. The van der Waals surface area contributed by atoms with E-state index in [1.165, 1.54) is 21.5 Å². The number of hydrogen-bond donors (Lipinski definition) is 1. The molecular formula is C41H34FeOP2. The Balaban J connectivity index is 1.01. The molecular weight excluding hydrogens is 626 g/mol. The second kappa shape index (κ2) is 4.04. The number of fused-ring (bicyclic) bond motifs is 10. The molecule has 4 unspecified atom stereocenters. The fourth-order valence-corrected chi connectivity index (χ4v) is 116. The molecule has 45 heavy (non-hydrogen) atoms. The van der Waals surface area contributed by atoms with Gasteiger partial charge in [0.1, 0.15) is 0 Å². The summed E-state index contributed by atoms with van der Waals surface area (Å²) in [5.41, 5.74) is 1.29. The molecule has 5 aromatic carbocycles. The van der Waals surface area contributed by atoms with Crippen molar-refractivity contribution in [2.24, 2.45) is 0 Å². The van der Waals surface area contributed by atoms with Crippen LogP contribution in [0.15, 0.2) is 146 Å². The second-order valence-electron chi connectivity index (χ2n) is 17.7. The summed E-state index contributed by atoms with van der Waals surface area (Å²) < 4.78 is 0.701. The topological polar surface area (TPSA) is 20.2 Å². The van der Waals surface area contributed by atoms with E-state index < -0.39 is 22.4 Å². The van der Waals surface area contributed by atoms with Gasteiger partial charge in [0.05, 0.1) is 0 Å². The first-order valence-electron chi connectivity index (χ1n) is 16.8. The van der Waals surface area contributed by atoms with Gasteiger partial charge in [-0.2, -0.15) is 0 Å². The van der Waals surface area contributed by atoms with Gasteiger partial charge in [0, 0.05) is 0 Å². The summed E-state index contributed by atoms with van der Waals surface area (Å²) in [4.78, 5) is 8.68. The Morgan fingerprint density at radius 2 is 0.911 bits per heavy atom. The van der Waals surface area contributed by atoms with Crippen molar-refractivity contribution in [3.05, 3.63) is 151 Å². The monoisotopic (exact) mass is 660 g/mol. The number of hydrogen-bond acceptors (Lipinski definition) is 1. The van der Waals surface area contributed by atoms with Crippen LogP contribution in [0.3, 0.4) is 0 Å². The molecule has 1 N–H and O–H groups in total. The maximum absolute atomic E-state index is 13.6. The van der Waals surface area contributed by atoms with Crippen LogP contribution in [-0.4, -0.2) is 9.16 Å². The van der Waals surface area contributed by atoms with E-state index in [1.54, 1.807) is 10.6 Å². The predicted molar refractivity (Wildman–Crippen MR) is 185 cm³/mol. The Bertz CT molecular complexity index is 2470. The molecule has 15 rings (SSSR count). The Labute approximate surface area is 256 Å². The molecule has 0 amide bonds. The zero-order valence-corrected chi connectivity index (χ0v) is 27.6. The Morgan fingerprint density at radius 3 is 1.36 bits per heavy atom. The van der Waals surface area contributed by atoms with Crippen molar-refractivity contribution in [1.82, 2.24) is 0 Å². The predicted octanol–water partition coefficient (Wildman–Crippen LogP) is 8.28. The van der Waals surface area contributed by atoms with Crippen molar-refractivity contribution in [3.63, 3.8) is 0 Å². The third-order valence-corrected chi connectivity index (χ3v) is 73.7. The minimum absolute atomic E-state index is 0.244. The maximum atomic E-state index is 13.6. The van der Waals surface area contributed by atoms with Gasteiger partial charge in [0.2, 0.25) is 0 Å². The zero-order chi connectivity index (χ0) is 29.1. The molecule has 0 bridgehead atoms. The standard InChI is InChI=1S/C36H29OP2.C5H5.Fe/c37-36(33-25-15-27-35(33)39(30-20-9-3-10-21-30)31-22-11-4-12-23-31)32-24-13-14-26-34(32)38(28-16-5-1-6-17-28)29-18-7-2-8-19-29;1-2-4-5-3-1;/h1-27,36-37H;1-5H;/t36-;;/m0../s1. The van der Waals surface area contributed by atoms with Crippen LogP contribution in [0.1, 0.15) is 11.7 Å². The number of benzene rings is 5. The van der Waals surface area contributed by atoms with Gasteiger partial charge in [-0.05, 0) is 0 Å². The van der Waals surface area contributed by atoms with E-state index in [-0.39, 0.29) is 10.4 Å². The minimum atomic E-state index is -4.14. The Kier molecular flexibility index (Phi) is 2.06. The molecule has 4 heteroatoms. The summed E-state index contributed by atoms with van der Waals surface area (Å²) in [6.45, 7) is -4.14. The van der Waals surface area contributed by atoms with Crippen molar-refractivity contribution in [3.8, 4) is 0 Å². The van der Waals surface area contributed by atoms with E-state index in [0.29, 0.717) is 4.05 Å². The third kappa shape index (κ3) is 0.700. The molecule has 5 aromatic rings. The molecule has 1 spiro atoms. The molecule has 10 aliphatic rings. The van der Waals surface area contributed by atoms with Crippen LogP contribution in [0.5, 0.6) is 0 Å². The molecule has 6 atom stereocenters. The SMILES string of the molecule is O[C@@H](c1ccccc1P(c1ccccc1)c1ccccc1)[C]12[CH]3[CH]4[CH]5[C@@]1(P(c1ccccc1)c1ccccc1)[Fe]43521678[CH]2[CH]1[CH]6[CH]7[CH]28. The molecule has 0 aromatic heterocycles. The average molecular weight is 661 g/mol. The number of aliphatic hydroxyl groups excluding tert-OH is 1. The van der Waals surface area contributed by atoms with Crippen LogP contribution in [0, 0.1) is 0 Å². The van der Waals surface area contributed by atoms with Gasteiger partial charge in [-0.15, -0.1) is 0 Å². The fraction of sp³-hybridized carbons (Fsp3) is 0.268. The van der Waals surface area contributed by atoms with Crippen molar-refractivity contribution in [2.75, 3.05) is 0 Å². The normalized spacial score (nSPS) is 54.6. The van der Waals surface area contributed by atoms with Gasteiger partial charge in [-0.3, -0.25) is 0 Å². The third-order valence-electron chi connectivity index (χ3n) is 21.2. The number of rotatable bonds is 8. The molecule has 0 aliphatic carbocycles. The summed E-state index contributed by atoms with van der Waals surface area (Å²) >= 11 is 0. The summed E-state index contributed by atoms with van der Waals surface area (Å²) in [6, 6.07) is 55.0. The van der Waals surface area contributed by atoms with Crippen LogP contribution in [0.2, 0.25) is 42.8 Å². The summed E-state index contributed by atoms with van der Waals surface area (Å²) in [7, 11) is -1.28. The van der Waals surface area contributed by atoms with E-state index in [1.807, 2.05) is 0 Å². The summed E-state index contributed by atoms with van der Waals surface area (Å²) in [5.74, 6) is 0. The molecule has 222 valence electrons. The van der Waals surface area contributed by atoms with Gasteiger partial charge in [0.25, 0.3) is 0 Å². The average Bonchev–Trinajstić information content (AvgIpc) is 4.06. The van der Waals surface area contributed by atoms with Gasteiger partial charge in [-0.1, -0.05) is 0 Å². The van der Waals surface area contributed by atoms with Crippen molar-refractivity contribution < 1.29 is 11.6 Å². The van der Waals surface area contributed by atoms with Gasteiger partial charge >= 0.3 is 258 Å². The van der Waals surface area contributed by atoms with Gasteiger partial charge in [-0.25, -0.2) is 0 Å². The molecule has 0 radical (unpaired) electrons. The van der Waals surface area contributed by atoms with Crippen molar-refractivity contribution in [1.29, 1.82) is 0 Å². The van der Waals surface area contributed by atoms with Gasteiger partial charge in [0.15, 0.2) is 0 Å². The molecule has 1 nitrogen and oxygen atoms in total. The Hall–Kier alpha value is -2.56. The second-order valence-corrected chi connectivity index (χ2v) is 46.0. The first-order chi connectivity index (χ1) is 22.0. The summed E-state index contributed by atoms with van der Waals surface area (Å²) in [6.07, 6.45) is -0.312. The van der Waals surface area contributed by atoms with E-state index >= 15 is 0 Å². The van der Waals surface area contributed by atoms with Crippen LogP contribution in [0.4, 0.5) is 0 Å². The molecule has 10 saturated heterocycles. The van der Waals surface area contributed by atoms with Crippen LogP contribution in [-0.2, 0) is 6.51 Å². The van der Waals surface area contributed by atoms with Crippen molar-refractivity contribution in [2.45, 2.75) is 53.0 Å². The molecule has 10 fully saturated rings. The van der Waals surface area contributed by atoms with Crippen LogP contribution >= 0.6 is 15.8 Å². The zero-order valence-electron chi connectivity index (χ0n) is 24.7. The first kappa shape index (κ1) is 22.9. The molecule has 10 aliphatic heterocycles. The van der Waals surface area contributed by atoms with Crippen LogP contribution < -0.4 is 26.5 Å². The van der Waals surface area contributed by atoms with E-state index in [0.717, 1.165) is 38.5 Å².